The Labute approximate surface area is 146 Å². The summed E-state index contributed by atoms with van der Waals surface area (Å²) in [5, 5.41) is 2.99. The Morgan fingerprint density at radius 3 is 2.42 bits per heavy atom. The first-order valence-corrected chi connectivity index (χ1v) is 8.97. The van der Waals surface area contributed by atoms with Gasteiger partial charge in [-0.3, -0.25) is 9.78 Å². The third-order valence-corrected chi connectivity index (χ3v) is 4.72. The van der Waals surface area contributed by atoms with Crippen LogP contribution in [0.15, 0.2) is 66.3 Å². The van der Waals surface area contributed by atoms with Crippen LogP contribution in [-0.2, 0) is 17.6 Å². The molecule has 0 aliphatic heterocycles. The van der Waals surface area contributed by atoms with Gasteiger partial charge in [-0.05, 0) is 29.5 Å². The van der Waals surface area contributed by atoms with E-state index in [1.807, 2.05) is 24.4 Å². The van der Waals surface area contributed by atoms with Crippen LogP contribution in [0.2, 0.25) is 0 Å². The number of nitrogens with one attached hydrogen (secondary N) is 1. The van der Waals surface area contributed by atoms with E-state index in [0.717, 1.165) is 17.7 Å². The number of aromatic nitrogens is 1. The van der Waals surface area contributed by atoms with Gasteiger partial charge >= 0.3 is 0 Å². The highest BCUT2D eigenvalue weighted by Gasteiger charge is 2.03. The number of thiazole rings is 1. The second-order valence-electron chi connectivity index (χ2n) is 5.63. The smallest absolute Gasteiger partial charge is 0.220 e. The van der Waals surface area contributed by atoms with Crippen LogP contribution in [0.25, 0.3) is 11.1 Å². The molecule has 1 N–H and O–H groups in total. The molecule has 0 aliphatic rings. The van der Waals surface area contributed by atoms with Gasteiger partial charge in [-0.1, -0.05) is 54.6 Å². The van der Waals surface area contributed by atoms with Crippen molar-refractivity contribution in [2.45, 2.75) is 19.3 Å². The van der Waals surface area contributed by atoms with Gasteiger partial charge in [-0.25, -0.2) is 0 Å². The molecule has 3 aromatic rings. The van der Waals surface area contributed by atoms with Crippen molar-refractivity contribution in [1.82, 2.24) is 10.3 Å². The van der Waals surface area contributed by atoms with Crippen LogP contribution >= 0.6 is 11.3 Å². The van der Waals surface area contributed by atoms with Crippen molar-refractivity contribution in [2.75, 3.05) is 6.54 Å². The van der Waals surface area contributed by atoms with E-state index in [1.165, 1.54) is 16.7 Å². The van der Waals surface area contributed by atoms with E-state index < -0.39 is 0 Å². The molecule has 0 radical (unpaired) electrons. The molecule has 2 aromatic carbocycles. The number of carbonyl (C=O) groups is 1. The van der Waals surface area contributed by atoms with Gasteiger partial charge in [-0.2, -0.15) is 0 Å². The Kier molecular flexibility index (Phi) is 5.75. The molecule has 3 nitrogen and oxygen atoms in total. The lowest BCUT2D eigenvalue weighted by atomic mass is 10.0. The standard InChI is InChI=1S/C20H20N2OS/c23-20(11-10-19-14-21-15-24-19)22-13-12-16-6-8-18(9-7-16)17-4-2-1-3-5-17/h1-9,14-15H,10-13H2,(H,22,23). The van der Waals surface area contributed by atoms with Crippen molar-refractivity contribution in [3.8, 4) is 11.1 Å². The van der Waals surface area contributed by atoms with Crippen LogP contribution in [0.1, 0.15) is 16.9 Å². The fourth-order valence-corrected chi connectivity index (χ4v) is 3.13. The summed E-state index contributed by atoms with van der Waals surface area (Å²) in [4.78, 5) is 17.0. The predicted octanol–water partition coefficient (Wildman–Crippen LogP) is 4.10. The maximum atomic E-state index is 11.8. The van der Waals surface area contributed by atoms with Gasteiger partial charge in [0.15, 0.2) is 0 Å². The number of rotatable bonds is 7. The first-order valence-electron chi connectivity index (χ1n) is 8.10. The molecule has 122 valence electrons. The normalized spacial score (nSPS) is 10.5. The highest BCUT2D eigenvalue weighted by atomic mass is 32.1. The quantitative estimate of drug-likeness (QED) is 0.706. The Hall–Kier alpha value is -2.46. The van der Waals surface area contributed by atoms with Gasteiger partial charge in [0.1, 0.15) is 0 Å². The summed E-state index contributed by atoms with van der Waals surface area (Å²) in [6.07, 6.45) is 3.96. The van der Waals surface area contributed by atoms with E-state index in [1.54, 1.807) is 16.8 Å². The first kappa shape index (κ1) is 16.4. The molecule has 4 heteroatoms. The third-order valence-electron chi connectivity index (χ3n) is 3.88. The highest BCUT2D eigenvalue weighted by Crippen LogP contribution is 2.19. The molecule has 0 fully saturated rings. The summed E-state index contributed by atoms with van der Waals surface area (Å²) in [7, 11) is 0. The number of hydrogen-bond acceptors (Lipinski definition) is 3. The zero-order valence-electron chi connectivity index (χ0n) is 13.4. The summed E-state index contributed by atoms with van der Waals surface area (Å²) in [5.74, 6) is 0.101. The van der Waals surface area contributed by atoms with Crippen molar-refractivity contribution in [2.24, 2.45) is 0 Å². The summed E-state index contributed by atoms with van der Waals surface area (Å²) >= 11 is 1.59. The van der Waals surface area contributed by atoms with Crippen LogP contribution in [0, 0.1) is 0 Å². The molecule has 0 aliphatic carbocycles. The highest BCUT2D eigenvalue weighted by molar-refractivity contribution is 7.09. The Balaban J connectivity index is 1.42. The topological polar surface area (TPSA) is 42.0 Å². The first-order chi connectivity index (χ1) is 11.8. The van der Waals surface area contributed by atoms with Crippen LogP contribution in [0.3, 0.4) is 0 Å². The van der Waals surface area contributed by atoms with E-state index in [-0.39, 0.29) is 5.91 Å². The monoisotopic (exact) mass is 336 g/mol. The fourth-order valence-electron chi connectivity index (χ4n) is 2.53. The minimum atomic E-state index is 0.101. The Bertz CT molecular complexity index is 752. The number of aryl methyl sites for hydroxylation is 1. The molecule has 1 amide bonds. The summed E-state index contributed by atoms with van der Waals surface area (Å²) < 4.78 is 0. The van der Waals surface area contributed by atoms with Gasteiger partial charge in [0.05, 0.1) is 5.51 Å². The van der Waals surface area contributed by atoms with E-state index in [0.29, 0.717) is 13.0 Å². The zero-order chi connectivity index (χ0) is 16.6. The van der Waals surface area contributed by atoms with Gasteiger partial charge < -0.3 is 5.32 Å². The molecule has 0 saturated heterocycles. The number of hydrogen-bond donors (Lipinski definition) is 1. The molecular formula is C20H20N2OS. The molecule has 0 unspecified atom stereocenters. The van der Waals surface area contributed by atoms with Crippen molar-refractivity contribution in [3.05, 3.63) is 76.7 Å². The Morgan fingerprint density at radius 2 is 1.71 bits per heavy atom. The number of nitrogens with zero attached hydrogens (tertiary/aromatic N) is 1. The minimum absolute atomic E-state index is 0.101. The van der Waals surface area contributed by atoms with Crippen LogP contribution < -0.4 is 5.32 Å². The lowest BCUT2D eigenvalue weighted by molar-refractivity contribution is -0.121. The molecule has 3 rings (SSSR count). The summed E-state index contributed by atoms with van der Waals surface area (Å²) in [6.45, 7) is 0.673. The van der Waals surface area contributed by atoms with Gasteiger partial charge in [-0.15, -0.1) is 11.3 Å². The lowest BCUT2D eigenvalue weighted by Gasteiger charge is -2.06. The van der Waals surface area contributed by atoms with Crippen molar-refractivity contribution >= 4 is 17.2 Å². The second kappa shape index (κ2) is 8.41. The van der Waals surface area contributed by atoms with Gasteiger partial charge in [0.2, 0.25) is 5.91 Å². The summed E-state index contributed by atoms with van der Waals surface area (Å²) in [5.41, 5.74) is 5.47. The maximum absolute atomic E-state index is 11.8. The van der Waals surface area contributed by atoms with E-state index in [4.69, 9.17) is 0 Å². The number of carbonyl (C=O) groups excluding carboxylic acids is 1. The average Bonchev–Trinajstić information content (AvgIpc) is 3.15. The fraction of sp³-hybridized carbons (Fsp3) is 0.200. The number of amides is 1. The Morgan fingerprint density at radius 1 is 0.958 bits per heavy atom. The molecule has 1 aromatic heterocycles. The lowest BCUT2D eigenvalue weighted by Crippen LogP contribution is -2.25. The molecule has 0 atom stereocenters. The minimum Gasteiger partial charge on any atom is -0.356 e. The second-order valence-corrected chi connectivity index (χ2v) is 6.60. The van der Waals surface area contributed by atoms with Crippen LogP contribution in [0.4, 0.5) is 0 Å². The van der Waals surface area contributed by atoms with Crippen LogP contribution in [0.5, 0.6) is 0 Å². The number of benzene rings is 2. The van der Waals surface area contributed by atoms with Crippen molar-refractivity contribution < 1.29 is 4.79 Å². The van der Waals surface area contributed by atoms with E-state index in [2.05, 4.69) is 46.7 Å². The largest absolute Gasteiger partial charge is 0.356 e. The predicted molar refractivity (Wildman–Crippen MR) is 99.0 cm³/mol. The zero-order valence-corrected chi connectivity index (χ0v) is 14.3. The van der Waals surface area contributed by atoms with Gasteiger partial charge in [0.25, 0.3) is 0 Å². The van der Waals surface area contributed by atoms with Crippen LogP contribution in [-0.4, -0.2) is 17.4 Å². The molecular weight excluding hydrogens is 316 g/mol. The van der Waals surface area contributed by atoms with Crippen molar-refractivity contribution in [3.63, 3.8) is 0 Å². The van der Waals surface area contributed by atoms with Gasteiger partial charge in [0, 0.05) is 24.0 Å². The molecule has 1 heterocycles. The van der Waals surface area contributed by atoms with E-state index >= 15 is 0 Å². The molecule has 0 saturated carbocycles. The molecule has 0 spiro atoms. The third kappa shape index (κ3) is 4.77. The molecule has 24 heavy (non-hydrogen) atoms. The van der Waals surface area contributed by atoms with Crippen molar-refractivity contribution in [1.29, 1.82) is 0 Å². The molecule has 0 bridgehead atoms. The SMILES string of the molecule is O=C(CCc1cncs1)NCCc1ccc(-c2ccccc2)cc1. The maximum Gasteiger partial charge on any atom is 0.220 e. The average molecular weight is 336 g/mol. The summed E-state index contributed by atoms with van der Waals surface area (Å²) in [6, 6.07) is 18.9. The van der Waals surface area contributed by atoms with E-state index in [9.17, 15) is 4.79 Å².